The summed E-state index contributed by atoms with van der Waals surface area (Å²) in [5.41, 5.74) is 0.130. The van der Waals surface area contributed by atoms with Crippen LogP contribution in [0.15, 0.2) is 24.3 Å². The molecular formula is C8H10O4Sr. The van der Waals surface area contributed by atoms with Crippen molar-refractivity contribution in [2.45, 2.75) is 13.8 Å². The molecule has 0 atom stereocenters. The summed E-state index contributed by atoms with van der Waals surface area (Å²) in [5, 5.41) is 19.0. The Balaban J connectivity index is -0.000000143. The molecule has 0 fully saturated rings. The zero-order valence-electron chi connectivity index (χ0n) is 7.75. The molecule has 0 bridgehead atoms. The van der Waals surface area contributed by atoms with Crippen molar-refractivity contribution >= 4 is 57.4 Å². The van der Waals surface area contributed by atoms with Crippen molar-refractivity contribution in [3.05, 3.63) is 24.3 Å². The molecule has 0 heterocycles. The summed E-state index contributed by atoms with van der Waals surface area (Å²) in [7, 11) is 0. The summed E-state index contributed by atoms with van der Waals surface area (Å²) < 4.78 is 0. The van der Waals surface area contributed by atoms with Crippen molar-refractivity contribution in [1.82, 2.24) is 0 Å². The number of carboxylic acid groups (broad SMARTS) is 2. The smallest absolute Gasteiger partial charge is 0.545 e. The van der Waals surface area contributed by atoms with E-state index in [-0.39, 0.29) is 56.6 Å². The minimum Gasteiger partial charge on any atom is -0.545 e. The molecule has 0 saturated heterocycles. The Bertz CT molecular complexity index is 172. The molecule has 68 valence electrons. The summed E-state index contributed by atoms with van der Waals surface area (Å²) in [6, 6.07) is 0. The van der Waals surface area contributed by atoms with Crippen LogP contribution in [0.2, 0.25) is 0 Å². The fourth-order valence-electron chi connectivity index (χ4n) is 0. The first kappa shape index (κ1) is 18.6. The van der Waals surface area contributed by atoms with Crippen LogP contribution in [0.4, 0.5) is 0 Å². The van der Waals surface area contributed by atoms with Gasteiger partial charge in [0, 0.05) is 0 Å². The average Bonchev–Trinajstić information content (AvgIpc) is 1.88. The Morgan fingerprint density at radius 3 is 1.00 bits per heavy atom. The molecule has 0 aliphatic carbocycles. The monoisotopic (exact) mass is 258 g/mol. The normalized spacial score (nSPS) is 6.92. The van der Waals surface area contributed by atoms with Crippen LogP contribution < -0.4 is 10.2 Å². The van der Waals surface area contributed by atoms with Gasteiger partial charge in [0.05, 0.1) is 11.9 Å². The number of rotatable bonds is 2. The first-order valence-electron chi connectivity index (χ1n) is 3.02. The van der Waals surface area contributed by atoms with Gasteiger partial charge in [-0.1, -0.05) is 13.2 Å². The minimum atomic E-state index is -1.19. The van der Waals surface area contributed by atoms with Gasteiger partial charge in [-0.3, -0.25) is 0 Å². The summed E-state index contributed by atoms with van der Waals surface area (Å²) in [5.74, 6) is -2.37. The maximum Gasteiger partial charge on any atom is 2.00 e. The Morgan fingerprint density at radius 1 is 0.923 bits per heavy atom. The minimum absolute atomic E-state index is 0. The van der Waals surface area contributed by atoms with Crippen molar-refractivity contribution in [3.63, 3.8) is 0 Å². The molecule has 0 aromatic carbocycles. The standard InChI is InChI=1S/2C4H6O2.Sr/c2*1-3(2)4(5)6;/h2*1H2,2H3,(H,5,6);/q;;+2/p-2. The van der Waals surface area contributed by atoms with E-state index in [2.05, 4.69) is 13.2 Å². The van der Waals surface area contributed by atoms with E-state index < -0.39 is 11.9 Å². The van der Waals surface area contributed by atoms with Crippen molar-refractivity contribution in [2.24, 2.45) is 0 Å². The van der Waals surface area contributed by atoms with Gasteiger partial charge < -0.3 is 19.8 Å². The van der Waals surface area contributed by atoms with E-state index in [1.807, 2.05) is 0 Å². The van der Waals surface area contributed by atoms with Gasteiger partial charge in [-0.25, -0.2) is 0 Å². The summed E-state index contributed by atoms with van der Waals surface area (Å²) in [6.45, 7) is 8.95. The summed E-state index contributed by atoms with van der Waals surface area (Å²) in [4.78, 5) is 19.0. The third-order valence-corrected chi connectivity index (χ3v) is 0.697. The Kier molecular flexibility index (Phi) is 14.3. The summed E-state index contributed by atoms with van der Waals surface area (Å²) in [6.07, 6.45) is 0. The molecular weight excluding hydrogens is 248 g/mol. The zero-order chi connectivity index (χ0) is 10.3. The molecule has 0 spiro atoms. The van der Waals surface area contributed by atoms with Gasteiger partial charge in [-0.05, 0) is 25.0 Å². The van der Waals surface area contributed by atoms with E-state index in [9.17, 15) is 19.8 Å². The predicted octanol–water partition coefficient (Wildman–Crippen LogP) is -1.76. The van der Waals surface area contributed by atoms with E-state index >= 15 is 0 Å². The van der Waals surface area contributed by atoms with Crippen LogP contribution in [-0.2, 0) is 9.59 Å². The number of hydrogen-bond donors (Lipinski definition) is 0. The van der Waals surface area contributed by atoms with Crippen molar-refractivity contribution in [1.29, 1.82) is 0 Å². The van der Waals surface area contributed by atoms with Crippen LogP contribution in [0.3, 0.4) is 0 Å². The quantitative estimate of drug-likeness (QED) is 0.434. The molecule has 0 radical (unpaired) electrons. The number of carbonyl (C=O) groups excluding carboxylic acids is 2. The largest absolute Gasteiger partial charge is 2.00 e. The van der Waals surface area contributed by atoms with Gasteiger partial charge in [-0.15, -0.1) is 0 Å². The molecule has 0 N–H and O–H groups in total. The molecule has 13 heavy (non-hydrogen) atoms. The molecule has 4 nitrogen and oxygen atoms in total. The van der Waals surface area contributed by atoms with Crippen molar-refractivity contribution in [3.8, 4) is 0 Å². The number of carbonyl (C=O) groups is 2. The number of aliphatic carboxylic acids is 2. The molecule has 0 aliphatic rings. The van der Waals surface area contributed by atoms with Crippen molar-refractivity contribution < 1.29 is 19.8 Å². The average molecular weight is 258 g/mol. The van der Waals surface area contributed by atoms with E-state index in [1.165, 1.54) is 13.8 Å². The number of carboxylic acids is 2. The van der Waals surface area contributed by atoms with Crippen LogP contribution >= 0.6 is 0 Å². The van der Waals surface area contributed by atoms with Crippen LogP contribution in [0.5, 0.6) is 0 Å². The van der Waals surface area contributed by atoms with Gasteiger partial charge in [0.1, 0.15) is 0 Å². The maximum absolute atomic E-state index is 9.49. The van der Waals surface area contributed by atoms with Gasteiger partial charge in [-0.2, -0.15) is 0 Å². The molecule has 0 unspecified atom stereocenters. The maximum atomic E-state index is 9.49. The van der Waals surface area contributed by atoms with Crippen LogP contribution in [0.1, 0.15) is 13.8 Å². The summed E-state index contributed by atoms with van der Waals surface area (Å²) >= 11 is 0. The van der Waals surface area contributed by atoms with E-state index in [4.69, 9.17) is 0 Å². The molecule has 0 rings (SSSR count). The fourth-order valence-corrected chi connectivity index (χ4v) is 0. The second kappa shape index (κ2) is 9.98. The predicted molar refractivity (Wildman–Crippen MR) is 45.4 cm³/mol. The van der Waals surface area contributed by atoms with E-state index in [0.717, 1.165) is 0 Å². The third kappa shape index (κ3) is 18.7. The fraction of sp³-hybridized carbons (Fsp3) is 0.250. The van der Waals surface area contributed by atoms with Gasteiger partial charge in [0.15, 0.2) is 0 Å². The molecule has 0 amide bonds. The molecule has 0 aliphatic heterocycles. The molecule has 5 heteroatoms. The van der Waals surface area contributed by atoms with Crippen LogP contribution in [0.25, 0.3) is 0 Å². The topological polar surface area (TPSA) is 80.3 Å². The Labute approximate surface area is 114 Å². The first-order valence-corrected chi connectivity index (χ1v) is 3.02. The van der Waals surface area contributed by atoms with Crippen LogP contribution in [-0.4, -0.2) is 57.4 Å². The number of hydrogen-bond acceptors (Lipinski definition) is 4. The Morgan fingerprint density at radius 2 is 1.00 bits per heavy atom. The SMILES string of the molecule is C=C(C)C(=O)[O-].C=C(C)C(=O)[O-].[Sr+2]. The molecule has 0 aromatic rings. The van der Waals surface area contributed by atoms with E-state index in [1.54, 1.807) is 0 Å². The second-order valence-corrected chi connectivity index (χ2v) is 2.14. The van der Waals surface area contributed by atoms with Gasteiger partial charge >= 0.3 is 45.5 Å². The first-order chi connectivity index (χ1) is 5.29. The van der Waals surface area contributed by atoms with Crippen molar-refractivity contribution in [2.75, 3.05) is 0 Å². The van der Waals surface area contributed by atoms with Crippen LogP contribution in [0, 0.1) is 0 Å². The Hall–Kier alpha value is -0.0995. The van der Waals surface area contributed by atoms with Gasteiger partial charge in [0.25, 0.3) is 0 Å². The van der Waals surface area contributed by atoms with Gasteiger partial charge in [0.2, 0.25) is 0 Å². The zero-order valence-corrected chi connectivity index (χ0v) is 11.2. The molecule has 0 saturated carbocycles. The molecule has 0 aromatic heterocycles. The second-order valence-electron chi connectivity index (χ2n) is 2.14. The third-order valence-electron chi connectivity index (χ3n) is 0.697. The van der Waals surface area contributed by atoms with E-state index in [0.29, 0.717) is 0 Å².